The predicted octanol–water partition coefficient (Wildman–Crippen LogP) is 3.01. The van der Waals surface area contributed by atoms with Crippen LogP contribution >= 0.6 is 0 Å². The maximum Gasteiger partial charge on any atom is 0.232 e. The summed E-state index contributed by atoms with van der Waals surface area (Å²) in [5.74, 6) is 0.583. The number of ether oxygens (including phenoxy) is 1. The zero-order chi connectivity index (χ0) is 22.1. The van der Waals surface area contributed by atoms with Crippen LogP contribution in [-0.2, 0) is 21.4 Å². The molecule has 0 aromatic heterocycles. The van der Waals surface area contributed by atoms with Gasteiger partial charge in [0.15, 0.2) is 0 Å². The molecule has 0 saturated heterocycles. The second-order valence-electron chi connectivity index (χ2n) is 7.20. The van der Waals surface area contributed by atoms with Gasteiger partial charge in [0.1, 0.15) is 5.75 Å². The predicted molar refractivity (Wildman–Crippen MR) is 122 cm³/mol. The molecule has 0 spiro atoms. The van der Waals surface area contributed by atoms with Crippen molar-refractivity contribution >= 4 is 27.3 Å². The molecule has 164 valence electrons. The van der Waals surface area contributed by atoms with Gasteiger partial charge in [-0.1, -0.05) is 12.1 Å². The van der Waals surface area contributed by atoms with E-state index in [1.165, 1.54) is 10.6 Å². The van der Waals surface area contributed by atoms with Gasteiger partial charge >= 0.3 is 0 Å². The van der Waals surface area contributed by atoms with Gasteiger partial charge < -0.3 is 15.0 Å². The zero-order valence-electron chi connectivity index (χ0n) is 18.1. The minimum Gasteiger partial charge on any atom is -0.494 e. The molecule has 0 aliphatic carbocycles. The Hall–Kier alpha value is -2.74. The van der Waals surface area contributed by atoms with E-state index in [9.17, 15) is 13.2 Å². The molecule has 0 heterocycles. The number of amides is 1. The van der Waals surface area contributed by atoms with E-state index >= 15 is 0 Å². The molecule has 8 heteroatoms. The first-order valence-electron chi connectivity index (χ1n) is 9.94. The summed E-state index contributed by atoms with van der Waals surface area (Å²) in [5.41, 5.74) is 2.67. The maximum atomic E-state index is 12.2. The quantitative estimate of drug-likeness (QED) is 0.589. The summed E-state index contributed by atoms with van der Waals surface area (Å²) in [6, 6.07) is 14.9. The van der Waals surface area contributed by atoms with Crippen molar-refractivity contribution in [2.75, 3.05) is 42.7 Å². The second-order valence-corrected chi connectivity index (χ2v) is 9.11. The summed E-state index contributed by atoms with van der Waals surface area (Å²) in [4.78, 5) is 14.2. The summed E-state index contributed by atoms with van der Waals surface area (Å²) >= 11 is 0. The van der Waals surface area contributed by atoms with Crippen LogP contribution in [0.2, 0.25) is 0 Å². The summed E-state index contributed by atoms with van der Waals surface area (Å²) < 4.78 is 31.1. The van der Waals surface area contributed by atoms with Crippen LogP contribution < -0.4 is 19.3 Å². The smallest absolute Gasteiger partial charge is 0.232 e. The van der Waals surface area contributed by atoms with E-state index in [0.717, 1.165) is 11.3 Å². The number of benzene rings is 2. The lowest BCUT2D eigenvalue weighted by molar-refractivity contribution is -0.121. The highest BCUT2D eigenvalue weighted by atomic mass is 32.2. The molecule has 2 rings (SSSR count). The summed E-state index contributed by atoms with van der Waals surface area (Å²) in [5, 5.41) is 2.88. The van der Waals surface area contributed by atoms with Crippen molar-refractivity contribution in [3.63, 3.8) is 0 Å². The molecule has 0 bridgehead atoms. The second kappa shape index (κ2) is 10.9. The number of anilines is 2. The average Bonchev–Trinajstić information content (AvgIpc) is 2.70. The van der Waals surface area contributed by atoms with E-state index in [-0.39, 0.29) is 18.9 Å². The first-order valence-corrected chi connectivity index (χ1v) is 11.8. The third-order valence-electron chi connectivity index (χ3n) is 4.54. The average molecular weight is 434 g/mol. The number of rotatable bonds is 11. The number of hydrogen-bond donors (Lipinski definition) is 1. The molecule has 0 unspecified atom stereocenters. The van der Waals surface area contributed by atoms with Crippen LogP contribution in [0.5, 0.6) is 5.75 Å². The van der Waals surface area contributed by atoms with E-state index in [1.807, 2.05) is 50.2 Å². The molecule has 0 aliphatic heterocycles. The van der Waals surface area contributed by atoms with Gasteiger partial charge in [-0.25, -0.2) is 8.42 Å². The third-order valence-corrected chi connectivity index (χ3v) is 5.74. The highest BCUT2D eigenvalue weighted by Gasteiger charge is 2.17. The fourth-order valence-electron chi connectivity index (χ4n) is 2.95. The SMILES string of the molecule is CCOc1ccc(N(CCCC(=O)NCc2ccc(N(C)C)cc2)S(C)(=O)=O)cc1. The number of carbonyl (C=O) groups excluding carboxylic acids is 1. The molecule has 0 atom stereocenters. The Morgan fingerprint density at radius 2 is 1.60 bits per heavy atom. The first kappa shape index (κ1) is 23.5. The molecule has 1 amide bonds. The number of nitrogens with one attached hydrogen (secondary N) is 1. The molecule has 0 aliphatic rings. The number of nitrogens with zero attached hydrogens (tertiary/aromatic N) is 2. The number of carbonyl (C=O) groups is 1. The highest BCUT2D eigenvalue weighted by Crippen LogP contribution is 2.22. The molecule has 2 aromatic carbocycles. The molecular formula is C22H31N3O4S. The fourth-order valence-corrected chi connectivity index (χ4v) is 3.91. The van der Waals surface area contributed by atoms with Crippen LogP contribution in [0.15, 0.2) is 48.5 Å². The number of sulfonamides is 1. The van der Waals surface area contributed by atoms with Crippen molar-refractivity contribution in [2.45, 2.75) is 26.3 Å². The van der Waals surface area contributed by atoms with Gasteiger partial charge in [0.2, 0.25) is 15.9 Å². The lowest BCUT2D eigenvalue weighted by Gasteiger charge is -2.22. The molecule has 7 nitrogen and oxygen atoms in total. The fraction of sp³-hybridized carbons (Fsp3) is 0.409. The molecule has 1 N–H and O–H groups in total. The van der Waals surface area contributed by atoms with E-state index in [2.05, 4.69) is 5.32 Å². The van der Waals surface area contributed by atoms with Gasteiger partial charge in [-0.15, -0.1) is 0 Å². The van der Waals surface area contributed by atoms with E-state index in [1.54, 1.807) is 24.3 Å². The highest BCUT2D eigenvalue weighted by molar-refractivity contribution is 7.92. The summed E-state index contributed by atoms with van der Waals surface area (Å²) in [6.07, 6.45) is 1.84. The van der Waals surface area contributed by atoms with E-state index in [0.29, 0.717) is 31.0 Å². The molecule has 30 heavy (non-hydrogen) atoms. The molecule has 2 aromatic rings. The van der Waals surface area contributed by atoms with Gasteiger partial charge in [0.25, 0.3) is 0 Å². The summed E-state index contributed by atoms with van der Waals surface area (Å²) in [7, 11) is 0.502. The minimum absolute atomic E-state index is 0.105. The van der Waals surface area contributed by atoms with Gasteiger partial charge in [0, 0.05) is 39.3 Å². The van der Waals surface area contributed by atoms with Crippen LogP contribution in [0.1, 0.15) is 25.3 Å². The van der Waals surface area contributed by atoms with Crippen molar-refractivity contribution in [3.05, 3.63) is 54.1 Å². The lowest BCUT2D eigenvalue weighted by atomic mass is 10.2. The van der Waals surface area contributed by atoms with Crippen molar-refractivity contribution in [1.29, 1.82) is 0 Å². The maximum absolute atomic E-state index is 12.2. The van der Waals surface area contributed by atoms with Crippen molar-refractivity contribution in [2.24, 2.45) is 0 Å². The van der Waals surface area contributed by atoms with Crippen molar-refractivity contribution in [1.82, 2.24) is 5.32 Å². The Bertz CT molecular complexity index is 910. The molecule has 0 radical (unpaired) electrons. The van der Waals surface area contributed by atoms with Gasteiger partial charge in [-0.2, -0.15) is 0 Å². The number of hydrogen-bond acceptors (Lipinski definition) is 5. The van der Waals surface area contributed by atoms with Crippen LogP contribution in [0, 0.1) is 0 Å². The monoisotopic (exact) mass is 433 g/mol. The van der Waals surface area contributed by atoms with Crippen LogP contribution in [0.25, 0.3) is 0 Å². The Balaban J connectivity index is 1.86. The van der Waals surface area contributed by atoms with Crippen LogP contribution in [0.3, 0.4) is 0 Å². The van der Waals surface area contributed by atoms with Crippen LogP contribution in [-0.4, -0.2) is 47.8 Å². The first-order chi connectivity index (χ1) is 14.2. The van der Waals surface area contributed by atoms with E-state index < -0.39 is 10.0 Å². The van der Waals surface area contributed by atoms with Crippen molar-refractivity contribution < 1.29 is 17.9 Å². The Labute approximate surface area is 179 Å². The van der Waals surface area contributed by atoms with E-state index in [4.69, 9.17) is 4.74 Å². The Kier molecular flexibility index (Phi) is 8.53. The standard InChI is InChI=1S/C22H31N3O4S/c1-5-29-21-14-12-20(13-15-21)25(30(4,27)28)16-6-7-22(26)23-17-18-8-10-19(11-9-18)24(2)3/h8-15H,5-7,16-17H2,1-4H3,(H,23,26). The Morgan fingerprint density at radius 3 is 2.13 bits per heavy atom. The van der Waals surface area contributed by atoms with Gasteiger partial charge in [0.05, 0.1) is 18.6 Å². The van der Waals surface area contributed by atoms with Gasteiger partial charge in [-0.3, -0.25) is 9.10 Å². The third kappa shape index (κ3) is 7.26. The molecular weight excluding hydrogens is 402 g/mol. The largest absolute Gasteiger partial charge is 0.494 e. The molecule has 0 saturated carbocycles. The minimum atomic E-state index is -3.45. The summed E-state index contributed by atoms with van der Waals surface area (Å²) in [6.45, 7) is 3.11. The normalized spacial score (nSPS) is 11.1. The lowest BCUT2D eigenvalue weighted by Crippen LogP contribution is -2.32. The van der Waals surface area contributed by atoms with Gasteiger partial charge in [-0.05, 0) is 55.3 Å². The van der Waals surface area contributed by atoms with Crippen molar-refractivity contribution in [3.8, 4) is 5.75 Å². The molecule has 0 fully saturated rings. The van der Waals surface area contributed by atoms with Crippen LogP contribution in [0.4, 0.5) is 11.4 Å². The topological polar surface area (TPSA) is 79.0 Å². The Morgan fingerprint density at radius 1 is 1.00 bits per heavy atom. The zero-order valence-corrected chi connectivity index (χ0v) is 18.9.